The Kier molecular flexibility index (Phi) is 3.10. The molecule has 0 radical (unpaired) electrons. The number of benzene rings is 2. The number of aromatic nitrogens is 1. The zero-order valence-electron chi connectivity index (χ0n) is 11.5. The molecule has 3 heteroatoms. The van der Waals surface area contributed by atoms with Crippen LogP contribution >= 0.6 is 0 Å². The van der Waals surface area contributed by atoms with Crippen molar-refractivity contribution in [2.75, 3.05) is 0 Å². The largest absolute Gasteiger partial charge is 0.508 e. The Morgan fingerprint density at radius 3 is 2.43 bits per heavy atom. The van der Waals surface area contributed by atoms with E-state index in [1.54, 1.807) is 19.1 Å². The average Bonchev–Trinajstić information content (AvgIpc) is 2.82. The van der Waals surface area contributed by atoms with Crippen LogP contribution in [0, 0.1) is 23.2 Å². The summed E-state index contributed by atoms with van der Waals surface area (Å²) in [6.07, 6.45) is 0. The number of phenolic OH excluding ortho intramolecular Hbond substituents is 1. The van der Waals surface area contributed by atoms with Gasteiger partial charge in [0.05, 0.1) is 11.1 Å². The van der Waals surface area contributed by atoms with Crippen LogP contribution < -0.4 is 0 Å². The molecule has 3 rings (SSSR count). The molecule has 0 aliphatic heterocycles. The Balaban J connectivity index is 2.45. The van der Waals surface area contributed by atoms with Crippen LogP contribution in [0.25, 0.3) is 16.6 Å². The van der Waals surface area contributed by atoms with Crippen LogP contribution in [0.1, 0.15) is 18.2 Å². The fourth-order valence-corrected chi connectivity index (χ4v) is 2.46. The van der Waals surface area contributed by atoms with Gasteiger partial charge in [0, 0.05) is 11.1 Å². The third kappa shape index (κ3) is 2.02. The maximum Gasteiger partial charge on any atom is 0.116 e. The van der Waals surface area contributed by atoms with E-state index < -0.39 is 0 Å². The maximum atomic E-state index is 9.48. The van der Waals surface area contributed by atoms with E-state index >= 15 is 0 Å². The summed E-state index contributed by atoms with van der Waals surface area (Å²) in [5.74, 6) is 6.10. The molecule has 0 fully saturated rings. The van der Waals surface area contributed by atoms with Crippen molar-refractivity contribution in [3.8, 4) is 29.3 Å². The van der Waals surface area contributed by atoms with Gasteiger partial charge in [-0.15, -0.1) is 0 Å². The first-order valence-electron chi connectivity index (χ1n) is 6.52. The van der Waals surface area contributed by atoms with E-state index in [1.807, 2.05) is 41.0 Å². The summed E-state index contributed by atoms with van der Waals surface area (Å²) in [6.45, 7) is 1.75. The highest BCUT2D eigenvalue weighted by atomic mass is 16.3. The topological polar surface area (TPSA) is 49.0 Å². The Morgan fingerprint density at radius 1 is 1.05 bits per heavy atom. The maximum absolute atomic E-state index is 9.48. The molecule has 0 aliphatic carbocycles. The number of para-hydroxylation sites is 1. The second-order valence-corrected chi connectivity index (χ2v) is 4.58. The molecule has 100 valence electrons. The molecule has 2 aromatic carbocycles. The average molecular weight is 272 g/mol. The van der Waals surface area contributed by atoms with Crippen LogP contribution in [-0.2, 0) is 0 Å². The van der Waals surface area contributed by atoms with Crippen molar-refractivity contribution in [3.63, 3.8) is 0 Å². The predicted octanol–water partition coefficient (Wildman–Crippen LogP) is 3.58. The molecule has 0 saturated carbocycles. The molecule has 0 unspecified atom stereocenters. The molecule has 21 heavy (non-hydrogen) atoms. The van der Waals surface area contributed by atoms with Crippen molar-refractivity contribution in [1.82, 2.24) is 4.57 Å². The van der Waals surface area contributed by atoms with E-state index in [2.05, 4.69) is 17.9 Å². The van der Waals surface area contributed by atoms with Gasteiger partial charge >= 0.3 is 0 Å². The Morgan fingerprint density at radius 2 is 1.76 bits per heavy atom. The van der Waals surface area contributed by atoms with Gasteiger partial charge in [0.25, 0.3) is 0 Å². The Bertz CT molecular complexity index is 916. The summed E-state index contributed by atoms with van der Waals surface area (Å²) in [6, 6.07) is 16.8. The molecule has 0 atom stereocenters. The van der Waals surface area contributed by atoms with Crippen molar-refractivity contribution in [2.24, 2.45) is 0 Å². The van der Waals surface area contributed by atoms with Gasteiger partial charge in [0.1, 0.15) is 17.5 Å². The van der Waals surface area contributed by atoms with Gasteiger partial charge in [-0.1, -0.05) is 24.1 Å². The van der Waals surface area contributed by atoms with E-state index in [1.165, 1.54) is 0 Å². The lowest BCUT2D eigenvalue weighted by Gasteiger charge is -2.07. The highest BCUT2D eigenvalue weighted by Gasteiger charge is 2.16. The van der Waals surface area contributed by atoms with E-state index in [0.717, 1.165) is 16.6 Å². The van der Waals surface area contributed by atoms with Gasteiger partial charge in [-0.2, -0.15) is 5.26 Å². The van der Waals surface area contributed by atoms with E-state index in [0.29, 0.717) is 11.3 Å². The molecule has 0 bridgehead atoms. The lowest BCUT2D eigenvalue weighted by Crippen LogP contribution is -1.97. The normalized spacial score (nSPS) is 9.90. The minimum absolute atomic E-state index is 0.207. The van der Waals surface area contributed by atoms with Crippen molar-refractivity contribution < 1.29 is 5.11 Å². The standard InChI is InChI=1S/C18H12N2O/c1-2-5-17-16(12-19)15-6-3-4-7-18(15)20(17)13-8-10-14(21)11-9-13/h3-4,6-11,21H,1H3. The minimum atomic E-state index is 0.207. The molecule has 0 spiro atoms. The molecule has 0 aliphatic rings. The van der Waals surface area contributed by atoms with Crippen LogP contribution in [0.2, 0.25) is 0 Å². The van der Waals surface area contributed by atoms with E-state index in [9.17, 15) is 10.4 Å². The number of nitrogens with zero attached hydrogens (tertiary/aromatic N) is 2. The van der Waals surface area contributed by atoms with Gasteiger partial charge in [-0.05, 0) is 43.2 Å². The number of rotatable bonds is 1. The van der Waals surface area contributed by atoms with Crippen LogP contribution in [0.4, 0.5) is 0 Å². The fourth-order valence-electron chi connectivity index (χ4n) is 2.46. The van der Waals surface area contributed by atoms with Crippen molar-refractivity contribution in [2.45, 2.75) is 6.92 Å². The summed E-state index contributed by atoms with van der Waals surface area (Å²) < 4.78 is 1.95. The Labute approximate surface area is 122 Å². The first kappa shape index (κ1) is 12.8. The molecule has 1 N–H and O–H groups in total. The quantitative estimate of drug-likeness (QED) is 0.688. The van der Waals surface area contributed by atoms with Crippen molar-refractivity contribution >= 4 is 10.9 Å². The number of nitriles is 1. The van der Waals surface area contributed by atoms with Crippen LogP contribution in [0.3, 0.4) is 0 Å². The molecule has 1 aromatic heterocycles. The van der Waals surface area contributed by atoms with Crippen LogP contribution in [-0.4, -0.2) is 9.67 Å². The summed E-state index contributed by atoms with van der Waals surface area (Å²) in [7, 11) is 0. The number of hydrogen-bond acceptors (Lipinski definition) is 2. The molecule has 3 nitrogen and oxygen atoms in total. The number of aromatic hydroxyl groups is 1. The molecule has 1 heterocycles. The summed E-state index contributed by atoms with van der Waals surface area (Å²) in [4.78, 5) is 0. The smallest absolute Gasteiger partial charge is 0.116 e. The lowest BCUT2D eigenvalue weighted by atomic mass is 10.1. The Hall–Kier alpha value is -3.17. The van der Waals surface area contributed by atoms with Crippen molar-refractivity contribution in [3.05, 3.63) is 59.8 Å². The van der Waals surface area contributed by atoms with Crippen LogP contribution in [0.5, 0.6) is 5.75 Å². The molecule has 0 amide bonds. The minimum Gasteiger partial charge on any atom is -0.508 e. The van der Waals surface area contributed by atoms with Gasteiger partial charge in [-0.25, -0.2) is 0 Å². The number of fused-ring (bicyclic) bond motifs is 1. The van der Waals surface area contributed by atoms with Crippen LogP contribution in [0.15, 0.2) is 48.5 Å². The summed E-state index contributed by atoms with van der Waals surface area (Å²) >= 11 is 0. The molecular formula is C18H12N2O. The van der Waals surface area contributed by atoms with E-state index in [-0.39, 0.29) is 5.75 Å². The van der Waals surface area contributed by atoms with Gasteiger partial charge in [-0.3, -0.25) is 0 Å². The monoisotopic (exact) mass is 272 g/mol. The zero-order valence-corrected chi connectivity index (χ0v) is 11.5. The molecule has 3 aromatic rings. The predicted molar refractivity (Wildman–Crippen MR) is 82.2 cm³/mol. The lowest BCUT2D eigenvalue weighted by molar-refractivity contribution is 0.475. The second kappa shape index (κ2) is 5.07. The second-order valence-electron chi connectivity index (χ2n) is 4.58. The third-order valence-electron chi connectivity index (χ3n) is 3.34. The van der Waals surface area contributed by atoms with Gasteiger partial charge in [0.2, 0.25) is 0 Å². The van der Waals surface area contributed by atoms with E-state index in [4.69, 9.17) is 0 Å². The summed E-state index contributed by atoms with van der Waals surface area (Å²) in [5.41, 5.74) is 3.04. The molecule has 0 saturated heterocycles. The highest BCUT2D eigenvalue weighted by Crippen LogP contribution is 2.29. The number of hydrogen-bond donors (Lipinski definition) is 1. The highest BCUT2D eigenvalue weighted by molar-refractivity contribution is 5.91. The summed E-state index contributed by atoms with van der Waals surface area (Å²) in [5, 5.41) is 19.8. The van der Waals surface area contributed by atoms with Gasteiger partial charge < -0.3 is 9.67 Å². The fraction of sp³-hybridized carbons (Fsp3) is 0.0556. The first-order valence-corrected chi connectivity index (χ1v) is 6.52. The molecular weight excluding hydrogens is 260 g/mol. The zero-order chi connectivity index (χ0) is 14.8. The SMILES string of the molecule is CC#Cc1c(C#N)c2ccccc2n1-c1ccc(O)cc1. The van der Waals surface area contributed by atoms with Crippen molar-refractivity contribution in [1.29, 1.82) is 5.26 Å². The van der Waals surface area contributed by atoms with Gasteiger partial charge in [0.15, 0.2) is 0 Å². The first-order chi connectivity index (χ1) is 10.3. The number of phenols is 1. The third-order valence-corrected chi connectivity index (χ3v) is 3.34.